The molecule has 1 aliphatic heterocycles. The average molecular weight is 181 g/mol. The van der Waals surface area contributed by atoms with E-state index in [1.54, 1.807) is 0 Å². The van der Waals surface area contributed by atoms with Crippen LogP contribution in [0.1, 0.15) is 13.3 Å². The molecule has 2 fully saturated rings. The number of nitrogens with one attached hydrogen (secondary N) is 1. The molecule has 0 aromatic heterocycles. The first kappa shape index (κ1) is 8.75. The molecule has 2 rings (SSSR count). The lowest BCUT2D eigenvalue weighted by Crippen LogP contribution is -2.36. The van der Waals surface area contributed by atoms with Gasteiger partial charge >= 0.3 is 0 Å². The van der Waals surface area contributed by atoms with Gasteiger partial charge in [-0.1, -0.05) is 12.2 Å². The summed E-state index contributed by atoms with van der Waals surface area (Å²) in [7, 11) is 0. The summed E-state index contributed by atoms with van der Waals surface area (Å²) in [5, 5.41) is 2.89. The molecule has 0 aromatic rings. The Hall–Kier alpha value is -0.830. The quantitative estimate of drug-likeness (QED) is 0.651. The topological polar surface area (TPSA) is 38.3 Å². The predicted octanol–water partition coefficient (Wildman–Crippen LogP) is 0.715. The van der Waals surface area contributed by atoms with Crippen molar-refractivity contribution in [2.75, 3.05) is 19.8 Å². The zero-order valence-corrected chi connectivity index (χ0v) is 7.88. The fourth-order valence-corrected chi connectivity index (χ4v) is 1.80. The zero-order valence-electron chi connectivity index (χ0n) is 7.88. The first-order chi connectivity index (χ1) is 6.28. The molecule has 1 unspecified atom stereocenters. The molecule has 13 heavy (non-hydrogen) atoms. The van der Waals surface area contributed by atoms with Crippen LogP contribution >= 0.6 is 0 Å². The van der Waals surface area contributed by atoms with E-state index in [4.69, 9.17) is 4.74 Å². The first-order valence-corrected chi connectivity index (χ1v) is 4.75. The van der Waals surface area contributed by atoms with Crippen LogP contribution in [0.25, 0.3) is 0 Å². The fourth-order valence-electron chi connectivity index (χ4n) is 1.80. The highest BCUT2D eigenvalue weighted by Gasteiger charge is 2.62. The first-order valence-electron chi connectivity index (χ1n) is 4.75. The molecule has 1 saturated heterocycles. The van der Waals surface area contributed by atoms with Crippen LogP contribution in [-0.4, -0.2) is 25.7 Å². The van der Waals surface area contributed by atoms with E-state index < -0.39 is 0 Å². The maximum atomic E-state index is 11.5. The van der Waals surface area contributed by atoms with Crippen LogP contribution in [0.5, 0.6) is 0 Å². The van der Waals surface area contributed by atoms with Gasteiger partial charge in [-0.2, -0.15) is 0 Å². The summed E-state index contributed by atoms with van der Waals surface area (Å²) < 4.78 is 5.11. The molecular weight excluding hydrogens is 166 g/mol. The molecule has 72 valence electrons. The third-order valence-corrected chi connectivity index (χ3v) is 2.92. The van der Waals surface area contributed by atoms with Gasteiger partial charge in [-0.05, 0) is 13.3 Å². The molecule has 3 nitrogen and oxygen atoms in total. The van der Waals surface area contributed by atoms with Crippen LogP contribution in [0.4, 0.5) is 0 Å². The standard InChI is InChI=1S/C10H15NO2/c1-2-3-4-11-9(12)8-5-10(8)6-13-7-10/h2-3,8H,4-7H2,1H3,(H,11,12)/b3-2+. The third kappa shape index (κ3) is 1.48. The van der Waals surface area contributed by atoms with E-state index in [2.05, 4.69) is 5.32 Å². The second kappa shape index (κ2) is 3.14. The lowest BCUT2D eigenvalue weighted by molar-refractivity contribution is -0.127. The van der Waals surface area contributed by atoms with Gasteiger partial charge in [0.15, 0.2) is 0 Å². The number of allylic oxidation sites excluding steroid dienone is 1. The van der Waals surface area contributed by atoms with E-state index in [1.165, 1.54) is 0 Å². The van der Waals surface area contributed by atoms with Gasteiger partial charge in [0.05, 0.1) is 13.2 Å². The van der Waals surface area contributed by atoms with Gasteiger partial charge in [0.2, 0.25) is 5.91 Å². The summed E-state index contributed by atoms with van der Waals surface area (Å²) in [5.74, 6) is 0.424. The van der Waals surface area contributed by atoms with Crippen LogP contribution in [0.2, 0.25) is 0 Å². The molecule has 2 aliphatic rings. The summed E-state index contributed by atoms with van der Waals surface area (Å²) >= 11 is 0. The van der Waals surface area contributed by atoms with Gasteiger partial charge in [-0.15, -0.1) is 0 Å². The monoisotopic (exact) mass is 181 g/mol. The molecule has 0 aromatic carbocycles. The van der Waals surface area contributed by atoms with Crippen molar-refractivity contribution >= 4 is 5.91 Å². The molecule has 3 heteroatoms. The van der Waals surface area contributed by atoms with E-state index in [1.807, 2.05) is 19.1 Å². The number of hydrogen-bond donors (Lipinski definition) is 1. The van der Waals surface area contributed by atoms with Crippen molar-refractivity contribution < 1.29 is 9.53 Å². The highest BCUT2D eigenvalue weighted by atomic mass is 16.5. The molecule has 1 aliphatic carbocycles. The lowest BCUT2D eigenvalue weighted by Gasteiger charge is -2.26. The van der Waals surface area contributed by atoms with Crippen LogP contribution in [0.3, 0.4) is 0 Å². The van der Waals surface area contributed by atoms with E-state index in [0.29, 0.717) is 6.54 Å². The Kier molecular flexibility index (Phi) is 2.12. The maximum Gasteiger partial charge on any atom is 0.224 e. The number of amides is 1. The summed E-state index contributed by atoms with van der Waals surface area (Å²) in [4.78, 5) is 11.5. The largest absolute Gasteiger partial charge is 0.380 e. The van der Waals surface area contributed by atoms with Gasteiger partial charge in [-0.25, -0.2) is 0 Å². The minimum Gasteiger partial charge on any atom is -0.380 e. The minimum atomic E-state index is 0.196. The van der Waals surface area contributed by atoms with E-state index in [9.17, 15) is 4.79 Å². The van der Waals surface area contributed by atoms with Gasteiger partial charge in [0, 0.05) is 17.9 Å². The van der Waals surface area contributed by atoms with E-state index >= 15 is 0 Å². The molecule has 0 radical (unpaired) electrons. The van der Waals surface area contributed by atoms with E-state index in [0.717, 1.165) is 19.6 Å². The third-order valence-electron chi connectivity index (χ3n) is 2.92. The van der Waals surface area contributed by atoms with Crippen molar-refractivity contribution in [1.29, 1.82) is 0 Å². The Bertz CT molecular complexity index is 243. The molecular formula is C10H15NO2. The Morgan fingerprint density at radius 2 is 2.46 bits per heavy atom. The molecule has 1 atom stereocenters. The molecule has 1 amide bonds. The molecule has 1 heterocycles. The van der Waals surface area contributed by atoms with Gasteiger partial charge < -0.3 is 10.1 Å². The Labute approximate surface area is 78.1 Å². The SMILES string of the molecule is C/C=C/CNC(=O)C1CC12COC2. The molecule has 1 spiro atoms. The predicted molar refractivity (Wildman–Crippen MR) is 49.2 cm³/mol. The second-order valence-corrected chi connectivity index (χ2v) is 3.93. The maximum absolute atomic E-state index is 11.5. The highest BCUT2D eigenvalue weighted by molar-refractivity contribution is 5.83. The van der Waals surface area contributed by atoms with Gasteiger partial charge in [0.25, 0.3) is 0 Å². The molecule has 1 N–H and O–H groups in total. The van der Waals surface area contributed by atoms with Crippen molar-refractivity contribution in [1.82, 2.24) is 5.32 Å². The summed E-state index contributed by atoms with van der Waals surface area (Å²) in [6.45, 7) is 4.18. The van der Waals surface area contributed by atoms with E-state index in [-0.39, 0.29) is 17.2 Å². The summed E-state index contributed by atoms with van der Waals surface area (Å²) in [5.41, 5.74) is 0.250. The summed E-state index contributed by atoms with van der Waals surface area (Å²) in [6, 6.07) is 0. The number of ether oxygens (including phenoxy) is 1. The van der Waals surface area contributed by atoms with Crippen LogP contribution in [0, 0.1) is 11.3 Å². The Morgan fingerprint density at radius 3 is 2.92 bits per heavy atom. The number of rotatable bonds is 3. The minimum absolute atomic E-state index is 0.196. The Morgan fingerprint density at radius 1 is 1.69 bits per heavy atom. The highest BCUT2D eigenvalue weighted by Crippen LogP contribution is 2.57. The summed E-state index contributed by atoms with van der Waals surface area (Å²) in [6.07, 6.45) is 4.91. The van der Waals surface area contributed by atoms with Crippen molar-refractivity contribution in [3.05, 3.63) is 12.2 Å². The molecule has 1 saturated carbocycles. The lowest BCUT2D eigenvalue weighted by atomic mass is 10.0. The average Bonchev–Trinajstić information content (AvgIpc) is 2.78. The van der Waals surface area contributed by atoms with Crippen LogP contribution in [-0.2, 0) is 9.53 Å². The smallest absolute Gasteiger partial charge is 0.224 e. The fraction of sp³-hybridized carbons (Fsp3) is 0.700. The van der Waals surface area contributed by atoms with Gasteiger partial charge in [0.1, 0.15) is 0 Å². The number of carbonyl (C=O) groups excluding carboxylic acids is 1. The van der Waals surface area contributed by atoms with Crippen LogP contribution in [0.15, 0.2) is 12.2 Å². The van der Waals surface area contributed by atoms with Crippen LogP contribution < -0.4 is 5.32 Å². The van der Waals surface area contributed by atoms with Crippen molar-refractivity contribution in [2.24, 2.45) is 11.3 Å². The normalized spacial score (nSPS) is 28.8. The Balaban J connectivity index is 1.73. The second-order valence-electron chi connectivity index (χ2n) is 3.93. The molecule has 0 bridgehead atoms. The number of hydrogen-bond acceptors (Lipinski definition) is 2. The van der Waals surface area contributed by atoms with Gasteiger partial charge in [-0.3, -0.25) is 4.79 Å². The number of carbonyl (C=O) groups is 1. The zero-order chi connectivity index (χ0) is 9.31. The van der Waals surface area contributed by atoms with Crippen molar-refractivity contribution in [3.63, 3.8) is 0 Å². The van der Waals surface area contributed by atoms with Crippen molar-refractivity contribution in [2.45, 2.75) is 13.3 Å². The van der Waals surface area contributed by atoms with Crippen molar-refractivity contribution in [3.8, 4) is 0 Å².